The molecule has 0 aromatic carbocycles. The van der Waals surface area contributed by atoms with Crippen molar-refractivity contribution in [2.24, 2.45) is 7.05 Å². The molecule has 3 heterocycles. The summed E-state index contributed by atoms with van der Waals surface area (Å²) in [7, 11) is 1.91. The highest BCUT2D eigenvalue weighted by Crippen LogP contribution is 2.39. The second-order valence-corrected chi connectivity index (χ2v) is 6.44. The first-order chi connectivity index (χ1) is 10.7. The molecule has 114 valence electrons. The average Bonchev–Trinajstić information content (AvgIpc) is 2.94. The molecule has 0 radical (unpaired) electrons. The number of aromatic nitrogens is 3. The molecule has 1 aliphatic heterocycles. The fraction of sp³-hybridized carbons (Fsp3) is 0.562. The number of aryl methyl sites for hydroxylation is 1. The van der Waals surface area contributed by atoms with E-state index in [9.17, 15) is 0 Å². The summed E-state index contributed by atoms with van der Waals surface area (Å²) in [4.78, 5) is 6.97. The molecule has 2 aliphatic rings. The summed E-state index contributed by atoms with van der Waals surface area (Å²) in [5.41, 5.74) is 1.89. The molecule has 0 N–H and O–H groups in total. The van der Waals surface area contributed by atoms with E-state index in [0.29, 0.717) is 17.5 Å². The van der Waals surface area contributed by atoms with E-state index in [1.54, 1.807) is 0 Å². The Hall–Kier alpha value is -2.13. The third-order valence-electron chi connectivity index (χ3n) is 4.60. The lowest BCUT2D eigenvalue weighted by Gasteiger charge is -2.13. The monoisotopic (exact) mass is 297 g/mol. The van der Waals surface area contributed by atoms with E-state index in [-0.39, 0.29) is 0 Å². The van der Waals surface area contributed by atoms with E-state index in [4.69, 9.17) is 9.78 Å². The molecule has 6 nitrogen and oxygen atoms in total. The molecule has 6 heteroatoms. The van der Waals surface area contributed by atoms with Crippen LogP contribution in [-0.2, 0) is 13.6 Å². The molecule has 0 bridgehead atoms. The van der Waals surface area contributed by atoms with Gasteiger partial charge in [-0.05, 0) is 37.4 Å². The maximum atomic E-state index is 9.02. The van der Waals surface area contributed by atoms with Crippen LogP contribution in [0.25, 0.3) is 0 Å². The summed E-state index contributed by atoms with van der Waals surface area (Å²) in [5.74, 6) is 2.59. The van der Waals surface area contributed by atoms with Crippen molar-refractivity contribution in [3.8, 4) is 6.07 Å². The van der Waals surface area contributed by atoms with E-state index in [0.717, 1.165) is 37.8 Å². The van der Waals surface area contributed by atoms with Gasteiger partial charge < -0.3 is 9.09 Å². The number of hydrogen-bond donors (Lipinski definition) is 0. The van der Waals surface area contributed by atoms with Crippen molar-refractivity contribution >= 4 is 0 Å². The average molecular weight is 297 g/mol. The number of likely N-dealkylation sites (tertiary alicyclic amines) is 1. The molecule has 0 unspecified atom stereocenters. The highest BCUT2D eigenvalue weighted by atomic mass is 16.5. The number of hydrogen-bond acceptors (Lipinski definition) is 5. The molecule has 1 saturated heterocycles. The quantitative estimate of drug-likeness (QED) is 0.864. The maximum Gasteiger partial charge on any atom is 0.231 e. The van der Waals surface area contributed by atoms with E-state index in [1.165, 1.54) is 18.4 Å². The van der Waals surface area contributed by atoms with Crippen molar-refractivity contribution in [2.75, 3.05) is 13.1 Å². The van der Waals surface area contributed by atoms with Gasteiger partial charge in [-0.25, -0.2) is 0 Å². The van der Waals surface area contributed by atoms with Crippen LogP contribution in [0.5, 0.6) is 0 Å². The summed E-state index contributed by atoms with van der Waals surface area (Å²) in [5, 5.41) is 13.1. The first-order valence-corrected chi connectivity index (χ1v) is 7.84. The SMILES string of the molecule is Cn1cc(CN2CC[C@H](c3nc(C4CC4)no3)C2)cc1C#N. The molecule has 1 atom stereocenters. The highest BCUT2D eigenvalue weighted by Gasteiger charge is 2.32. The van der Waals surface area contributed by atoms with Crippen molar-refractivity contribution in [1.82, 2.24) is 19.6 Å². The van der Waals surface area contributed by atoms with E-state index >= 15 is 0 Å². The Kier molecular flexibility index (Phi) is 3.23. The lowest BCUT2D eigenvalue weighted by atomic mass is 10.1. The lowest BCUT2D eigenvalue weighted by molar-refractivity contribution is 0.308. The third kappa shape index (κ3) is 2.53. The van der Waals surface area contributed by atoms with Crippen molar-refractivity contribution in [2.45, 2.75) is 37.6 Å². The first kappa shape index (κ1) is 13.5. The summed E-state index contributed by atoms with van der Waals surface area (Å²) in [6, 6.07) is 4.17. The molecule has 22 heavy (non-hydrogen) atoms. The maximum absolute atomic E-state index is 9.02. The zero-order valence-corrected chi connectivity index (χ0v) is 12.7. The van der Waals surface area contributed by atoms with Gasteiger partial charge in [0.2, 0.25) is 5.89 Å². The highest BCUT2D eigenvalue weighted by molar-refractivity contribution is 5.28. The summed E-state index contributed by atoms with van der Waals surface area (Å²) >= 11 is 0. The fourth-order valence-corrected chi connectivity index (χ4v) is 3.19. The third-order valence-corrected chi connectivity index (χ3v) is 4.60. The predicted octanol–water partition coefficient (Wildman–Crippen LogP) is 2.15. The van der Waals surface area contributed by atoms with Gasteiger partial charge in [0.1, 0.15) is 11.8 Å². The van der Waals surface area contributed by atoms with E-state index < -0.39 is 0 Å². The van der Waals surface area contributed by atoms with Crippen LogP contribution >= 0.6 is 0 Å². The van der Waals surface area contributed by atoms with Gasteiger partial charge in [0.05, 0.1) is 5.92 Å². The van der Waals surface area contributed by atoms with Gasteiger partial charge >= 0.3 is 0 Å². The summed E-state index contributed by atoms with van der Waals surface area (Å²) in [6.45, 7) is 2.85. The van der Waals surface area contributed by atoms with Crippen LogP contribution in [0.1, 0.15) is 54.1 Å². The Morgan fingerprint density at radius 3 is 2.95 bits per heavy atom. The van der Waals surface area contributed by atoms with Crippen LogP contribution in [0, 0.1) is 11.3 Å². The zero-order valence-electron chi connectivity index (χ0n) is 12.7. The molecule has 2 aromatic heterocycles. The van der Waals surface area contributed by atoms with Gasteiger partial charge in [0, 0.05) is 32.3 Å². The van der Waals surface area contributed by atoms with Gasteiger partial charge in [0.15, 0.2) is 5.82 Å². The van der Waals surface area contributed by atoms with Gasteiger partial charge in [-0.15, -0.1) is 0 Å². The normalized spacial score (nSPS) is 22.1. The molecule has 4 rings (SSSR count). The van der Waals surface area contributed by atoms with Crippen molar-refractivity contribution in [3.05, 3.63) is 35.2 Å². The number of rotatable bonds is 4. The van der Waals surface area contributed by atoms with Crippen LogP contribution in [-0.4, -0.2) is 32.7 Å². The Morgan fingerprint density at radius 2 is 2.23 bits per heavy atom. The number of nitriles is 1. The molecule has 1 aliphatic carbocycles. The second kappa shape index (κ2) is 5.25. The summed E-state index contributed by atoms with van der Waals surface area (Å²) in [6.07, 6.45) is 5.49. The van der Waals surface area contributed by atoms with Crippen LogP contribution in [0.4, 0.5) is 0 Å². The molecule has 1 saturated carbocycles. The lowest BCUT2D eigenvalue weighted by Crippen LogP contribution is -2.19. The van der Waals surface area contributed by atoms with Crippen LogP contribution in [0.2, 0.25) is 0 Å². The standard InChI is InChI=1S/C16H19N5O/c1-20-8-11(6-14(20)7-17)9-21-5-4-13(10-21)16-18-15(19-22-16)12-2-3-12/h6,8,12-13H,2-5,9-10H2,1H3/t13-/m0/s1. The van der Waals surface area contributed by atoms with Crippen molar-refractivity contribution in [3.63, 3.8) is 0 Å². The molecular weight excluding hydrogens is 278 g/mol. The number of nitrogens with zero attached hydrogens (tertiary/aromatic N) is 5. The van der Waals surface area contributed by atoms with Crippen molar-refractivity contribution < 1.29 is 4.52 Å². The molecule has 0 amide bonds. The van der Waals surface area contributed by atoms with Crippen LogP contribution < -0.4 is 0 Å². The molecule has 2 aromatic rings. The fourth-order valence-electron chi connectivity index (χ4n) is 3.19. The minimum absolute atomic E-state index is 0.346. The Bertz CT molecular complexity index is 721. The smallest absolute Gasteiger partial charge is 0.231 e. The molecule has 2 fully saturated rings. The van der Waals surface area contributed by atoms with Crippen LogP contribution in [0.3, 0.4) is 0 Å². The predicted molar refractivity (Wildman–Crippen MR) is 79.0 cm³/mol. The van der Waals surface area contributed by atoms with Crippen LogP contribution in [0.15, 0.2) is 16.8 Å². The summed E-state index contributed by atoms with van der Waals surface area (Å²) < 4.78 is 7.33. The van der Waals surface area contributed by atoms with Gasteiger partial charge in [0.25, 0.3) is 0 Å². The van der Waals surface area contributed by atoms with Gasteiger partial charge in [-0.2, -0.15) is 10.2 Å². The van der Waals surface area contributed by atoms with E-state index in [1.807, 2.05) is 23.9 Å². The first-order valence-electron chi connectivity index (χ1n) is 7.84. The topological polar surface area (TPSA) is 70.9 Å². The van der Waals surface area contributed by atoms with Crippen molar-refractivity contribution in [1.29, 1.82) is 5.26 Å². The zero-order chi connectivity index (χ0) is 15.1. The molecular formula is C16H19N5O. The Morgan fingerprint density at radius 1 is 1.36 bits per heavy atom. The minimum atomic E-state index is 0.346. The minimum Gasteiger partial charge on any atom is -0.342 e. The second-order valence-electron chi connectivity index (χ2n) is 6.44. The largest absolute Gasteiger partial charge is 0.342 e. The van der Waals surface area contributed by atoms with Gasteiger partial charge in [-0.1, -0.05) is 5.16 Å². The Labute approximate surface area is 129 Å². The van der Waals surface area contributed by atoms with Gasteiger partial charge in [-0.3, -0.25) is 4.90 Å². The van der Waals surface area contributed by atoms with E-state index in [2.05, 4.69) is 21.1 Å². The Balaban J connectivity index is 1.40. The molecule has 0 spiro atoms.